The highest BCUT2D eigenvalue weighted by atomic mass is 19.1. The van der Waals surface area contributed by atoms with Crippen molar-refractivity contribution in [1.29, 1.82) is 0 Å². The van der Waals surface area contributed by atoms with E-state index in [1.807, 2.05) is 6.92 Å². The number of urea groups is 1. The van der Waals surface area contributed by atoms with Crippen molar-refractivity contribution >= 4 is 17.7 Å². The fourth-order valence-corrected chi connectivity index (χ4v) is 1.71. The molecule has 0 aliphatic carbocycles. The summed E-state index contributed by atoms with van der Waals surface area (Å²) >= 11 is 0. The Morgan fingerprint density at radius 3 is 2.70 bits per heavy atom. The number of hydrogen-bond donors (Lipinski definition) is 2. The van der Waals surface area contributed by atoms with E-state index in [1.165, 1.54) is 30.1 Å². The Hall–Kier alpha value is -2.11. The third-order valence-electron chi connectivity index (χ3n) is 2.94. The van der Waals surface area contributed by atoms with E-state index in [0.717, 1.165) is 6.42 Å². The predicted molar refractivity (Wildman–Crippen MR) is 74.3 cm³/mol. The first-order valence-electron chi connectivity index (χ1n) is 6.48. The number of halogens is 1. The van der Waals surface area contributed by atoms with Gasteiger partial charge in [-0.15, -0.1) is 0 Å². The molecule has 0 radical (unpaired) electrons. The number of anilines is 1. The smallest absolute Gasteiger partial charge is 0.326 e. The van der Waals surface area contributed by atoms with Crippen LogP contribution < -0.4 is 10.2 Å². The van der Waals surface area contributed by atoms with Crippen molar-refractivity contribution in [3.63, 3.8) is 0 Å². The quantitative estimate of drug-likeness (QED) is 0.842. The first kappa shape index (κ1) is 15.9. The van der Waals surface area contributed by atoms with Gasteiger partial charge in [-0.3, -0.25) is 4.90 Å². The largest absolute Gasteiger partial charge is 0.480 e. The van der Waals surface area contributed by atoms with Gasteiger partial charge in [0.25, 0.3) is 0 Å². The third-order valence-corrected chi connectivity index (χ3v) is 2.94. The highest BCUT2D eigenvalue weighted by molar-refractivity contribution is 5.93. The summed E-state index contributed by atoms with van der Waals surface area (Å²) in [5, 5.41) is 11.5. The average Bonchev–Trinajstić information content (AvgIpc) is 2.42. The van der Waals surface area contributed by atoms with E-state index < -0.39 is 23.9 Å². The van der Waals surface area contributed by atoms with Crippen LogP contribution in [0.1, 0.15) is 26.2 Å². The third kappa shape index (κ3) is 4.53. The molecule has 1 rings (SSSR count). The molecule has 5 nitrogen and oxygen atoms in total. The van der Waals surface area contributed by atoms with Crippen LogP contribution in [0, 0.1) is 5.82 Å². The molecule has 0 aliphatic heterocycles. The average molecular weight is 282 g/mol. The number of aliphatic carboxylic acids is 1. The zero-order chi connectivity index (χ0) is 15.1. The molecule has 6 heteroatoms. The maximum Gasteiger partial charge on any atom is 0.326 e. The van der Waals surface area contributed by atoms with Crippen LogP contribution in [0.15, 0.2) is 24.3 Å². The summed E-state index contributed by atoms with van der Waals surface area (Å²) < 4.78 is 13.1. The SMILES string of the molecule is CCCCC(NC(=O)N(C)c1cccc(F)c1)C(=O)O. The minimum Gasteiger partial charge on any atom is -0.480 e. The van der Waals surface area contributed by atoms with Crippen LogP contribution in [0.3, 0.4) is 0 Å². The second kappa shape index (κ2) is 7.47. The van der Waals surface area contributed by atoms with Crippen molar-refractivity contribution in [2.75, 3.05) is 11.9 Å². The van der Waals surface area contributed by atoms with E-state index in [1.54, 1.807) is 6.07 Å². The molecule has 110 valence electrons. The molecule has 0 fully saturated rings. The molecule has 0 saturated carbocycles. The summed E-state index contributed by atoms with van der Waals surface area (Å²) in [6, 6.07) is 4.04. The van der Waals surface area contributed by atoms with Crippen LogP contribution >= 0.6 is 0 Å². The molecular weight excluding hydrogens is 263 g/mol. The number of carbonyl (C=O) groups excluding carboxylic acids is 1. The Balaban J connectivity index is 2.70. The second-order valence-corrected chi connectivity index (χ2v) is 4.52. The highest BCUT2D eigenvalue weighted by Crippen LogP contribution is 2.14. The Kier molecular flexibility index (Phi) is 5.96. The van der Waals surface area contributed by atoms with Crippen LogP contribution in [0.5, 0.6) is 0 Å². The molecule has 0 aromatic heterocycles. The lowest BCUT2D eigenvalue weighted by molar-refractivity contribution is -0.139. The van der Waals surface area contributed by atoms with Gasteiger partial charge in [0.05, 0.1) is 0 Å². The molecule has 1 aromatic carbocycles. The first-order valence-corrected chi connectivity index (χ1v) is 6.48. The Labute approximate surface area is 117 Å². The molecule has 20 heavy (non-hydrogen) atoms. The Morgan fingerprint density at radius 2 is 2.15 bits per heavy atom. The van der Waals surface area contributed by atoms with Gasteiger partial charge in [-0.2, -0.15) is 0 Å². The fraction of sp³-hybridized carbons (Fsp3) is 0.429. The summed E-state index contributed by atoms with van der Waals surface area (Å²) in [6.07, 6.45) is 1.93. The van der Waals surface area contributed by atoms with Gasteiger partial charge in [0.1, 0.15) is 11.9 Å². The molecule has 0 aliphatic rings. The van der Waals surface area contributed by atoms with Crippen LogP contribution in [0.2, 0.25) is 0 Å². The first-order chi connectivity index (χ1) is 9.45. The number of amides is 2. The van der Waals surface area contributed by atoms with Gasteiger partial charge in [0, 0.05) is 12.7 Å². The Morgan fingerprint density at radius 1 is 1.45 bits per heavy atom. The van der Waals surface area contributed by atoms with Crippen molar-refractivity contribution in [2.45, 2.75) is 32.2 Å². The van der Waals surface area contributed by atoms with E-state index >= 15 is 0 Å². The zero-order valence-corrected chi connectivity index (χ0v) is 11.6. The lowest BCUT2D eigenvalue weighted by Gasteiger charge is -2.21. The zero-order valence-electron chi connectivity index (χ0n) is 11.6. The molecule has 2 amide bonds. The number of nitrogens with zero attached hydrogens (tertiary/aromatic N) is 1. The molecular formula is C14H19FN2O3. The predicted octanol–water partition coefficient (Wildman–Crippen LogP) is 2.61. The van der Waals surface area contributed by atoms with Gasteiger partial charge in [0.2, 0.25) is 0 Å². The van der Waals surface area contributed by atoms with E-state index in [-0.39, 0.29) is 0 Å². The maximum atomic E-state index is 13.1. The number of rotatable bonds is 6. The molecule has 0 spiro atoms. The van der Waals surface area contributed by atoms with Crippen molar-refractivity contribution in [1.82, 2.24) is 5.32 Å². The number of unbranched alkanes of at least 4 members (excludes halogenated alkanes) is 1. The molecule has 0 bridgehead atoms. The number of nitrogens with one attached hydrogen (secondary N) is 1. The van der Waals surface area contributed by atoms with Crippen LogP contribution in [-0.4, -0.2) is 30.2 Å². The topological polar surface area (TPSA) is 69.6 Å². The van der Waals surface area contributed by atoms with Crippen molar-refractivity contribution in [3.8, 4) is 0 Å². The van der Waals surface area contributed by atoms with E-state index in [0.29, 0.717) is 18.5 Å². The molecule has 1 unspecified atom stereocenters. The van der Waals surface area contributed by atoms with Gasteiger partial charge in [-0.1, -0.05) is 25.8 Å². The van der Waals surface area contributed by atoms with Crippen LogP contribution in [0.25, 0.3) is 0 Å². The summed E-state index contributed by atoms with van der Waals surface area (Å²) in [5.74, 6) is -1.53. The lowest BCUT2D eigenvalue weighted by Crippen LogP contribution is -2.46. The normalized spacial score (nSPS) is 11.8. The van der Waals surface area contributed by atoms with Crippen molar-refractivity contribution in [3.05, 3.63) is 30.1 Å². The summed E-state index contributed by atoms with van der Waals surface area (Å²) in [6.45, 7) is 1.94. The Bertz CT molecular complexity index is 479. The van der Waals surface area contributed by atoms with E-state index in [9.17, 15) is 14.0 Å². The monoisotopic (exact) mass is 282 g/mol. The standard InChI is InChI=1S/C14H19FN2O3/c1-3-4-8-12(13(18)19)16-14(20)17(2)11-7-5-6-10(15)9-11/h5-7,9,12H,3-4,8H2,1-2H3,(H,16,20)(H,18,19). The van der Waals surface area contributed by atoms with Crippen LogP contribution in [-0.2, 0) is 4.79 Å². The van der Waals surface area contributed by atoms with E-state index in [4.69, 9.17) is 5.11 Å². The summed E-state index contributed by atoms with van der Waals surface area (Å²) in [4.78, 5) is 24.2. The maximum absolute atomic E-state index is 13.1. The second-order valence-electron chi connectivity index (χ2n) is 4.52. The summed E-state index contributed by atoms with van der Waals surface area (Å²) in [5.41, 5.74) is 0.363. The number of hydrogen-bond acceptors (Lipinski definition) is 2. The number of carboxylic acids is 1. The van der Waals surface area contributed by atoms with Crippen LogP contribution in [0.4, 0.5) is 14.9 Å². The van der Waals surface area contributed by atoms with Gasteiger partial charge >= 0.3 is 12.0 Å². The van der Waals surface area contributed by atoms with Gasteiger partial charge in [0.15, 0.2) is 0 Å². The minimum atomic E-state index is -1.07. The van der Waals surface area contributed by atoms with Gasteiger partial charge in [-0.05, 0) is 24.6 Å². The summed E-state index contributed by atoms with van der Waals surface area (Å²) in [7, 11) is 1.46. The molecule has 1 atom stereocenters. The van der Waals surface area contributed by atoms with Gasteiger partial charge in [-0.25, -0.2) is 14.0 Å². The lowest BCUT2D eigenvalue weighted by atomic mass is 10.1. The number of carbonyl (C=O) groups is 2. The minimum absolute atomic E-state index is 0.363. The fourth-order valence-electron chi connectivity index (χ4n) is 1.71. The number of benzene rings is 1. The number of carboxylic acid groups (broad SMARTS) is 1. The molecule has 0 heterocycles. The van der Waals surface area contributed by atoms with Crippen molar-refractivity contribution < 1.29 is 19.1 Å². The molecule has 2 N–H and O–H groups in total. The van der Waals surface area contributed by atoms with Crippen molar-refractivity contribution in [2.24, 2.45) is 0 Å². The highest BCUT2D eigenvalue weighted by Gasteiger charge is 2.21. The molecule has 0 saturated heterocycles. The molecule has 1 aromatic rings. The van der Waals surface area contributed by atoms with Gasteiger partial charge < -0.3 is 10.4 Å². The van der Waals surface area contributed by atoms with E-state index in [2.05, 4.69) is 5.32 Å².